The minimum absolute atomic E-state index is 0.0121. The van der Waals surface area contributed by atoms with Crippen LogP contribution in [0.1, 0.15) is 24.1 Å². The lowest BCUT2D eigenvalue weighted by atomic mass is 10.1. The Hall–Kier alpha value is -2.51. The molecular weight excluding hydrogens is 356 g/mol. The van der Waals surface area contributed by atoms with E-state index in [2.05, 4.69) is 0 Å². The van der Waals surface area contributed by atoms with Gasteiger partial charge < -0.3 is 0 Å². The zero-order valence-corrected chi connectivity index (χ0v) is 14.9. The average Bonchev–Trinajstić information content (AvgIpc) is 2.89. The highest BCUT2D eigenvalue weighted by atomic mass is 32.2. The molecule has 7 heteroatoms. The van der Waals surface area contributed by atoms with E-state index in [-0.39, 0.29) is 17.6 Å². The molecule has 126 valence electrons. The van der Waals surface area contributed by atoms with Crippen LogP contribution in [0.15, 0.2) is 59.5 Å². The molecule has 1 heterocycles. The molecule has 3 rings (SSSR count). The van der Waals surface area contributed by atoms with E-state index in [9.17, 15) is 14.9 Å². The van der Waals surface area contributed by atoms with E-state index in [1.807, 2.05) is 37.3 Å². The van der Waals surface area contributed by atoms with Crippen molar-refractivity contribution in [3.8, 4) is 0 Å². The summed E-state index contributed by atoms with van der Waals surface area (Å²) in [4.78, 5) is 25.2. The number of hydrogen-bond acceptors (Lipinski definition) is 5. The molecule has 1 saturated heterocycles. The Labute approximate surface area is 154 Å². The molecule has 0 unspecified atom stereocenters. The first-order chi connectivity index (χ1) is 12.0. The molecule has 1 amide bonds. The van der Waals surface area contributed by atoms with E-state index in [0.29, 0.717) is 14.8 Å². The fourth-order valence-corrected chi connectivity index (χ4v) is 3.99. The van der Waals surface area contributed by atoms with Gasteiger partial charge in [0.2, 0.25) is 0 Å². The number of non-ortho nitro benzene ring substituents is 1. The van der Waals surface area contributed by atoms with Crippen molar-refractivity contribution < 1.29 is 9.72 Å². The van der Waals surface area contributed by atoms with Crippen molar-refractivity contribution in [1.29, 1.82) is 0 Å². The molecule has 0 radical (unpaired) electrons. The number of benzene rings is 2. The van der Waals surface area contributed by atoms with Gasteiger partial charge >= 0.3 is 0 Å². The summed E-state index contributed by atoms with van der Waals surface area (Å²) in [5, 5.41) is 10.9. The van der Waals surface area contributed by atoms with Gasteiger partial charge in [0.1, 0.15) is 4.32 Å². The Kier molecular flexibility index (Phi) is 4.96. The summed E-state index contributed by atoms with van der Waals surface area (Å²) in [6, 6.07) is 15.7. The minimum atomic E-state index is -0.458. The predicted octanol–water partition coefficient (Wildman–Crippen LogP) is 4.56. The lowest BCUT2D eigenvalue weighted by molar-refractivity contribution is -0.384. The number of nitro benzene ring substituents is 1. The van der Waals surface area contributed by atoms with Gasteiger partial charge in [0, 0.05) is 12.1 Å². The zero-order chi connectivity index (χ0) is 18.0. The first-order valence-corrected chi connectivity index (χ1v) is 8.76. The fourth-order valence-electron chi connectivity index (χ4n) is 2.57. The van der Waals surface area contributed by atoms with E-state index in [0.717, 1.165) is 5.56 Å². The van der Waals surface area contributed by atoms with Crippen molar-refractivity contribution in [3.05, 3.63) is 80.7 Å². The van der Waals surface area contributed by atoms with Gasteiger partial charge in [0.25, 0.3) is 11.6 Å². The number of thioether (sulfide) groups is 1. The van der Waals surface area contributed by atoms with Crippen molar-refractivity contribution in [2.24, 2.45) is 0 Å². The van der Waals surface area contributed by atoms with Gasteiger partial charge in [0.15, 0.2) is 0 Å². The van der Waals surface area contributed by atoms with Crippen LogP contribution >= 0.6 is 24.0 Å². The van der Waals surface area contributed by atoms with Crippen LogP contribution < -0.4 is 0 Å². The monoisotopic (exact) mass is 370 g/mol. The summed E-state index contributed by atoms with van der Waals surface area (Å²) in [6.07, 6.45) is 1.64. The van der Waals surface area contributed by atoms with Gasteiger partial charge in [-0.15, -0.1) is 0 Å². The van der Waals surface area contributed by atoms with Crippen LogP contribution in [0.2, 0.25) is 0 Å². The lowest BCUT2D eigenvalue weighted by Crippen LogP contribution is -2.30. The lowest BCUT2D eigenvalue weighted by Gasteiger charge is -2.23. The second kappa shape index (κ2) is 7.16. The molecular formula is C18H14N2O3S2. The average molecular weight is 370 g/mol. The molecule has 1 fully saturated rings. The quantitative estimate of drug-likeness (QED) is 0.342. The molecule has 5 nitrogen and oxygen atoms in total. The molecule has 0 spiro atoms. The summed E-state index contributed by atoms with van der Waals surface area (Å²) in [5.41, 5.74) is 1.58. The van der Waals surface area contributed by atoms with E-state index in [1.54, 1.807) is 23.1 Å². The highest BCUT2D eigenvalue weighted by molar-refractivity contribution is 8.26. The van der Waals surface area contributed by atoms with Crippen molar-refractivity contribution in [2.75, 3.05) is 0 Å². The van der Waals surface area contributed by atoms with Crippen LogP contribution in [0, 0.1) is 10.1 Å². The van der Waals surface area contributed by atoms with Crippen LogP contribution in [0.25, 0.3) is 6.08 Å². The third kappa shape index (κ3) is 3.62. The maximum absolute atomic E-state index is 12.8. The molecule has 2 aromatic rings. The Balaban J connectivity index is 1.88. The number of carbonyl (C=O) groups is 1. The Morgan fingerprint density at radius 2 is 1.92 bits per heavy atom. The van der Waals surface area contributed by atoms with Crippen LogP contribution in [0.5, 0.6) is 0 Å². The number of hydrogen-bond donors (Lipinski definition) is 0. The van der Waals surface area contributed by atoms with Gasteiger partial charge in [-0.3, -0.25) is 19.8 Å². The second-order valence-corrected chi connectivity index (χ2v) is 7.17. The number of amides is 1. The SMILES string of the molecule is C[C@H](c1ccccc1)N1C(=O)/C(=C/c2cccc([N+](=O)[O-])c2)SC1=S. The molecule has 1 aliphatic heterocycles. The Morgan fingerprint density at radius 1 is 1.20 bits per heavy atom. The minimum Gasteiger partial charge on any atom is -0.286 e. The van der Waals surface area contributed by atoms with E-state index in [4.69, 9.17) is 12.2 Å². The molecule has 25 heavy (non-hydrogen) atoms. The topological polar surface area (TPSA) is 63.5 Å². The van der Waals surface area contributed by atoms with Gasteiger partial charge in [-0.05, 0) is 24.1 Å². The molecule has 1 atom stereocenters. The van der Waals surface area contributed by atoms with E-state index < -0.39 is 4.92 Å². The molecule has 0 saturated carbocycles. The molecule has 0 N–H and O–H groups in total. The van der Waals surface area contributed by atoms with Crippen LogP contribution in [0.3, 0.4) is 0 Å². The maximum Gasteiger partial charge on any atom is 0.270 e. The first-order valence-electron chi connectivity index (χ1n) is 7.54. The summed E-state index contributed by atoms with van der Waals surface area (Å²) in [5.74, 6) is -0.183. The largest absolute Gasteiger partial charge is 0.286 e. The van der Waals surface area contributed by atoms with Crippen molar-refractivity contribution >= 4 is 46.0 Å². The van der Waals surface area contributed by atoms with E-state index in [1.165, 1.54) is 23.9 Å². The second-order valence-electron chi connectivity index (χ2n) is 5.49. The Morgan fingerprint density at radius 3 is 2.60 bits per heavy atom. The van der Waals surface area contributed by atoms with Crippen molar-refractivity contribution in [3.63, 3.8) is 0 Å². The number of nitrogens with zero attached hydrogens (tertiary/aromatic N) is 2. The molecule has 0 aliphatic carbocycles. The van der Waals surface area contributed by atoms with Crippen molar-refractivity contribution in [2.45, 2.75) is 13.0 Å². The normalized spacial score (nSPS) is 17.2. The third-order valence-electron chi connectivity index (χ3n) is 3.87. The fraction of sp³-hybridized carbons (Fsp3) is 0.111. The van der Waals surface area contributed by atoms with Gasteiger partial charge in [-0.25, -0.2) is 0 Å². The predicted molar refractivity (Wildman–Crippen MR) is 103 cm³/mol. The first kappa shape index (κ1) is 17.3. The summed E-state index contributed by atoms with van der Waals surface area (Å²) >= 11 is 6.59. The smallest absolute Gasteiger partial charge is 0.270 e. The summed E-state index contributed by atoms with van der Waals surface area (Å²) in [7, 11) is 0. The maximum atomic E-state index is 12.8. The van der Waals surface area contributed by atoms with Gasteiger partial charge in [0.05, 0.1) is 15.9 Å². The number of carbonyl (C=O) groups excluding carboxylic acids is 1. The molecule has 1 aliphatic rings. The number of nitro groups is 1. The zero-order valence-electron chi connectivity index (χ0n) is 13.3. The van der Waals surface area contributed by atoms with Crippen molar-refractivity contribution in [1.82, 2.24) is 4.90 Å². The number of rotatable bonds is 4. The summed E-state index contributed by atoms with van der Waals surface area (Å²) < 4.78 is 0.484. The summed E-state index contributed by atoms with van der Waals surface area (Å²) in [6.45, 7) is 1.93. The molecule has 0 aromatic heterocycles. The van der Waals surface area contributed by atoms with E-state index >= 15 is 0 Å². The van der Waals surface area contributed by atoms with Crippen LogP contribution in [-0.4, -0.2) is 20.1 Å². The third-order valence-corrected chi connectivity index (χ3v) is 5.20. The van der Waals surface area contributed by atoms with Crippen LogP contribution in [-0.2, 0) is 4.79 Å². The molecule has 2 aromatic carbocycles. The van der Waals surface area contributed by atoms with Gasteiger partial charge in [-0.2, -0.15) is 0 Å². The highest BCUT2D eigenvalue weighted by Gasteiger charge is 2.35. The molecule has 0 bridgehead atoms. The van der Waals surface area contributed by atoms with Crippen LogP contribution in [0.4, 0.5) is 5.69 Å². The Bertz CT molecular complexity index is 881. The highest BCUT2D eigenvalue weighted by Crippen LogP contribution is 2.38. The number of thiocarbonyl (C=S) groups is 1. The standard InChI is InChI=1S/C18H14N2O3S2/c1-12(14-7-3-2-4-8-14)19-17(21)16(25-18(19)24)11-13-6-5-9-15(10-13)20(22)23/h2-12H,1H3/b16-11-/t12-/m1/s1. The van der Waals surface area contributed by atoms with Gasteiger partial charge in [-0.1, -0.05) is 66.4 Å².